The zero-order chi connectivity index (χ0) is 15.3. The molecule has 0 aliphatic heterocycles. The van der Waals surface area contributed by atoms with Gasteiger partial charge in [0.15, 0.2) is 0 Å². The lowest BCUT2D eigenvalue weighted by Crippen LogP contribution is -2.06. The molecule has 2 aromatic rings. The standard InChI is InChI=1S/C16H19O4P/c1-4-18-21(17,19-15-11-7-5-9-13(15)2)20-16-12-8-6-10-14(16)3/h5-12H,4H2,1-3H3. The summed E-state index contributed by atoms with van der Waals surface area (Å²) in [5.74, 6) is 0.978. The van der Waals surface area contributed by atoms with Crippen molar-refractivity contribution in [1.29, 1.82) is 0 Å². The second-order valence-corrected chi connectivity index (χ2v) is 6.10. The van der Waals surface area contributed by atoms with Gasteiger partial charge in [0.1, 0.15) is 11.5 Å². The molecule has 0 amide bonds. The maximum atomic E-state index is 12.8. The van der Waals surface area contributed by atoms with Crippen molar-refractivity contribution in [3.63, 3.8) is 0 Å². The van der Waals surface area contributed by atoms with Crippen LogP contribution in [0.15, 0.2) is 48.5 Å². The van der Waals surface area contributed by atoms with Crippen LogP contribution in [0.4, 0.5) is 0 Å². The maximum absolute atomic E-state index is 12.8. The summed E-state index contributed by atoms with van der Waals surface area (Å²) < 4.78 is 29.1. The average Bonchev–Trinajstić information content (AvgIpc) is 2.44. The molecule has 21 heavy (non-hydrogen) atoms. The van der Waals surface area contributed by atoms with Gasteiger partial charge in [-0.3, -0.25) is 4.52 Å². The molecule has 0 aromatic heterocycles. The molecule has 4 nitrogen and oxygen atoms in total. The van der Waals surface area contributed by atoms with Crippen LogP contribution in [0.1, 0.15) is 18.1 Å². The van der Waals surface area contributed by atoms with E-state index in [-0.39, 0.29) is 6.61 Å². The quantitative estimate of drug-likeness (QED) is 0.712. The Hall–Kier alpha value is -1.77. The van der Waals surface area contributed by atoms with Gasteiger partial charge in [-0.05, 0) is 44.0 Å². The smallest absolute Gasteiger partial charge is 0.395 e. The Labute approximate surface area is 125 Å². The van der Waals surface area contributed by atoms with E-state index in [1.165, 1.54) is 0 Å². The van der Waals surface area contributed by atoms with Crippen LogP contribution in [0.5, 0.6) is 11.5 Å². The number of rotatable bonds is 6. The minimum atomic E-state index is -3.72. The predicted octanol–water partition coefficient (Wildman–Crippen LogP) is 4.91. The highest BCUT2D eigenvalue weighted by atomic mass is 31.2. The molecule has 5 heteroatoms. The molecule has 0 spiro atoms. The van der Waals surface area contributed by atoms with Crippen LogP contribution in [-0.4, -0.2) is 6.61 Å². The van der Waals surface area contributed by atoms with E-state index >= 15 is 0 Å². The molecule has 112 valence electrons. The van der Waals surface area contributed by atoms with Gasteiger partial charge < -0.3 is 9.05 Å². The van der Waals surface area contributed by atoms with Crippen molar-refractivity contribution < 1.29 is 18.1 Å². The van der Waals surface area contributed by atoms with Crippen molar-refractivity contribution in [2.24, 2.45) is 0 Å². The number of phosphoric acid groups is 1. The van der Waals surface area contributed by atoms with Gasteiger partial charge in [0.2, 0.25) is 0 Å². The first-order chi connectivity index (χ1) is 10.0. The highest BCUT2D eigenvalue weighted by Gasteiger charge is 2.31. The van der Waals surface area contributed by atoms with Crippen LogP contribution in [0.2, 0.25) is 0 Å². The Morgan fingerprint density at radius 3 is 1.67 bits per heavy atom. The summed E-state index contributed by atoms with van der Waals surface area (Å²) in [6.45, 7) is 5.73. The molecular formula is C16H19O4P. The number of para-hydroxylation sites is 2. The minimum absolute atomic E-state index is 0.231. The minimum Gasteiger partial charge on any atom is -0.395 e. The molecule has 0 aliphatic rings. The third-order valence-electron chi connectivity index (χ3n) is 2.89. The third-order valence-corrected chi connectivity index (χ3v) is 4.31. The Kier molecular flexibility index (Phi) is 5.05. The van der Waals surface area contributed by atoms with Gasteiger partial charge in [-0.1, -0.05) is 36.4 Å². The molecule has 0 fully saturated rings. The first kappa shape index (κ1) is 15.6. The van der Waals surface area contributed by atoms with Gasteiger partial charge in [-0.15, -0.1) is 0 Å². The van der Waals surface area contributed by atoms with Crippen molar-refractivity contribution >= 4 is 7.82 Å². The lowest BCUT2D eigenvalue weighted by Gasteiger charge is -2.20. The second-order valence-electron chi connectivity index (χ2n) is 4.58. The van der Waals surface area contributed by atoms with E-state index in [1.54, 1.807) is 19.1 Å². The first-order valence-electron chi connectivity index (χ1n) is 6.79. The second kappa shape index (κ2) is 6.79. The van der Waals surface area contributed by atoms with Crippen molar-refractivity contribution in [1.82, 2.24) is 0 Å². The van der Waals surface area contributed by atoms with E-state index in [0.29, 0.717) is 11.5 Å². The number of phosphoric ester groups is 1. The van der Waals surface area contributed by atoms with Crippen LogP contribution in [-0.2, 0) is 9.09 Å². The molecule has 0 aliphatic carbocycles. The molecule has 0 saturated heterocycles. The van der Waals surface area contributed by atoms with E-state index in [2.05, 4.69) is 0 Å². The average molecular weight is 306 g/mol. The molecule has 2 aromatic carbocycles. The van der Waals surface area contributed by atoms with E-state index in [0.717, 1.165) is 11.1 Å². The van der Waals surface area contributed by atoms with Crippen LogP contribution in [0.3, 0.4) is 0 Å². The molecule has 0 unspecified atom stereocenters. The Bertz CT molecular complexity index is 603. The highest BCUT2D eigenvalue weighted by molar-refractivity contribution is 7.49. The van der Waals surface area contributed by atoms with Crippen LogP contribution < -0.4 is 9.05 Å². The molecule has 0 radical (unpaired) electrons. The largest absolute Gasteiger partial charge is 0.587 e. The fraction of sp³-hybridized carbons (Fsp3) is 0.250. The monoisotopic (exact) mass is 306 g/mol. The summed E-state index contributed by atoms with van der Waals surface area (Å²) in [7, 11) is -3.72. The molecule has 0 N–H and O–H groups in total. The van der Waals surface area contributed by atoms with E-state index < -0.39 is 7.82 Å². The molecular weight excluding hydrogens is 287 g/mol. The fourth-order valence-corrected chi connectivity index (χ4v) is 3.14. The Morgan fingerprint density at radius 2 is 1.29 bits per heavy atom. The summed E-state index contributed by atoms with van der Waals surface area (Å²) in [5.41, 5.74) is 1.73. The van der Waals surface area contributed by atoms with Crippen molar-refractivity contribution in [3.8, 4) is 11.5 Å². The van der Waals surface area contributed by atoms with E-state index in [4.69, 9.17) is 13.6 Å². The predicted molar refractivity (Wildman–Crippen MR) is 82.8 cm³/mol. The van der Waals surface area contributed by atoms with Crippen molar-refractivity contribution in [2.75, 3.05) is 6.61 Å². The van der Waals surface area contributed by atoms with Gasteiger partial charge in [0.05, 0.1) is 6.61 Å². The SMILES string of the molecule is CCOP(=O)(Oc1ccccc1C)Oc1ccccc1C. The van der Waals surface area contributed by atoms with Gasteiger partial charge >= 0.3 is 7.82 Å². The van der Waals surface area contributed by atoms with E-state index in [1.807, 2.05) is 50.2 Å². The number of benzene rings is 2. The highest BCUT2D eigenvalue weighted by Crippen LogP contribution is 2.50. The zero-order valence-electron chi connectivity index (χ0n) is 12.4. The first-order valence-corrected chi connectivity index (χ1v) is 8.25. The number of aryl methyl sites for hydroxylation is 2. The zero-order valence-corrected chi connectivity index (χ0v) is 13.3. The van der Waals surface area contributed by atoms with Crippen molar-refractivity contribution in [2.45, 2.75) is 20.8 Å². The molecule has 0 atom stereocenters. The Balaban J connectivity index is 2.27. The lowest BCUT2D eigenvalue weighted by atomic mass is 10.2. The van der Waals surface area contributed by atoms with Gasteiger partial charge in [0, 0.05) is 0 Å². The fourth-order valence-electron chi connectivity index (χ4n) is 1.79. The van der Waals surface area contributed by atoms with Crippen LogP contribution in [0.25, 0.3) is 0 Å². The van der Waals surface area contributed by atoms with Gasteiger partial charge in [-0.2, -0.15) is 0 Å². The molecule has 0 heterocycles. The Morgan fingerprint density at radius 1 is 0.857 bits per heavy atom. The summed E-state index contributed by atoms with van der Waals surface area (Å²) in [5, 5.41) is 0. The van der Waals surface area contributed by atoms with E-state index in [9.17, 15) is 4.57 Å². The summed E-state index contributed by atoms with van der Waals surface area (Å²) >= 11 is 0. The van der Waals surface area contributed by atoms with Crippen LogP contribution >= 0.6 is 7.82 Å². The lowest BCUT2D eigenvalue weighted by molar-refractivity contribution is 0.219. The normalized spacial score (nSPS) is 11.2. The number of hydrogen-bond donors (Lipinski definition) is 0. The summed E-state index contributed by atoms with van der Waals surface area (Å²) in [6.07, 6.45) is 0. The molecule has 0 bridgehead atoms. The van der Waals surface area contributed by atoms with Crippen LogP contribution in [0, 0.1) is 13.8 Å². The molecule has 2 rings (SSSR count). The van der Waals surface area contributed by atoms with Gasteiger partial charge in [-0.25, -0.2) is 4.57 Å². The topological polar surface area (TPSA) is 44.8 Å². The third kappa shape index (κ3) is 4.10. The number of hydrogen-bond acceptors (Lipinski definition) is 4. The molecule has 0 saturated carbocycles. The summed E-state index contributed by atoms with van der Waals surface area (Å²) in [6, 6.07) is 14.6. The maximum Gasteiger partial charge on any atom is 0.587 e. The van der Waals surface area contributed by atoms with Gasteiger partial charge in [0.25, 0.3) is 0 Å². The summed E-state index contributed by atoms with van der Waals surface area (Å²) in [4.78, 5) is 0. The van der Waals surface area contributed by atoms with Crippen molar-refractivity contribution in [3.05, 3.63) is 59.7 Å².